The molecule has 1 atom stereocenters. The summed E-state index contributed by atoms with van der Waals surface area (Å²) >= 11 is 0. The summed E-state index contributed by atoms with van der Waals surface area (Å²) in [4.78, 5) is 23.2. The van der Waals surface area contributed by atoms with E-state index in [4.69, 9.17) is 0 Å². The van der Waals surface area contributed by atoms with E-state index in [9.17, 15) is 9.59 Å². The molecule has 0 aromatic heterocycles. The molecule has 5 heteroatoms. The zero-order chi connectivity index (χ0) is 16.7. The van der Waals surface area contributed by atoms with Crippen LogP contribution in [0.2, 0.25) is 0 Å². The topological polar surface area (TPSA) is 70.2 Å². The Bertz CT molecular complexity index is 654. The largest absolute Gasteiger partial charge is 0.374 e. The van der Waals surface area contributed by atoms with E-state index < -0.39 is 12.1 Å². The fourth-order valence-corrected chi connectivity index (χ4v) is 2.13. The highest BCUT2D eigenvalue weighted by molar-refractivity contribution is 5.97. The third kappa shape index (κ3) is 4.85. The number of anilines is 1. The lowest BCUT2D eigenvalue weighted by Gasteiger charge is -2.15. The fourth-order valence-electron chi connectivity index (χ4n) is 2.13. The summed E-state index contributed by atoms with van der Waals surface area (Å²) < 4.78 is 0. The van der Waals surface area contributed by atoms with E-state index in [1.165, 1.54) is 0 Å². The van der Waals surface area contributed by atoms with Crippen LogP contribution in [0.4, 0.5) is 10.5 Å². The smallest absolute Gasteiger partial charge is 0.321 e. The lowest BCUT2D eigenvalue weighted by Crippen LogP contribution is -2.45. The lowest BCUT2D eigenvalue weighted by molar-refractivity contribution is -0.120. The Morgan fingerprint density at radius 3 is 2.17 bits per heavy atom. The molecule has 23 heavy (non-hydrogen) atoms. The minimum Gasteiger partial charge on any atom is -0.374 e. The van der Waals surface area contributed by atoms with Gasteiger partial charge in [0.25, 0.3) is 0 Å². The molecule has 0 aliphatic carbocycles. The van der Waals surface area contributed by atoms with Gasteiger partial charge in [-0.1, -0.05) is 42.5 Å². The van der Waals surface area contributed by atoms with Gasteiger partial charge in [-0.15, -0.1) is 0 Å². The number of hydrogen-bond donors (Lipinski definition) is 3. The summed E-state index contributed by atoms with van der Waals surface area (Å²) in [6, 6.07) is 16.9. The number of imide groups is 1. The van der Waals surface area contributed by atoms with Crippen LogP contribution in [-0.4, -0.2) is 24.5 Å². The summed E-state index contributed by atoms with van der Waals surface area (Å²) in [6.45, 7) is 3.97. The third-order valence-corrected chi connectivity index (χ3v) is 3.34. The molecule has 3 amide bonds. The molecule has 0 aliphatic rings. The van der Waals surface area contributed by atoms with Crippen molar-refractivity contribution in [3.05, 3.63) is 54.6 Å². The van der Waals surface area contributed by atoms with Gasteiger partial charge in [-0.05, 0) is 37.1 Å². The van der Waals surface area contributed by atoms with Gasteiger partial charge in [0.2, 0.25) is 5.91 Å². The minimum absolute atomic E-state index is 0.372. The third-order valence-electron chi connectivity index (χ3n) is 3.34. The van der Waals surface area contributed by atoms with E-state index in [1.807, 2.05) is 54.6 Å². The first kappa shape index (κ1) is 16.5. The van der Waals surface area contributed by atoms with E-state index in [0.717, 1.165) is 16.8 Å². The van der Waals surface area contributed by atoms with Crippen molar-refractivity contribution in [3.8, 4) is 11.1 Å². The Hall–Kier alpha value is -2.82. The molecule has 0 heterocycles. The molecule has 0 bridgehead atoms. The average Bonchev–Trinajstić information content (AvgIpc) is 2.56. The maximum atomic E-state index is 11.9. The Morgan fingerprint density at radius 2 is 1.57 bits per heavy atom. The molecule has 2 aromatic rings. The summed E-state index contributed by atoms with van der Waals surface area (Å²) in [5, 5.41) is 7.88. The van der Waals surface area contributed by atoms with Crippen molar-refractivity contribution >= 4 is 17.6 Å². The zero-order valence-corrected chi connectivity index (χ0v) is 13.3. The highest BCUT2D eigenvalue weighted by Crippen LogP contribution is 2.21. The number of urea groups is 1. The minimum atomic E-state index is -0.514. The number of rotatable bonds is 5. The molecule has 0 saturated heterocycles. The first-order valence-corrected chi connectivity index (χ1v) is 7.61. The van der Waals surface area contributed by atoms with Gasteiger partial charge in [0.15, 0.2) is 0 Å². The lowest BCUT2D eigenvalue weighted by atomic mass is 10.1. The molecule has 2 rings (SSSR count). The highest BCUT2D eigenvalue weighted by atomic mass is 16.2. The van der Waals surface area contributed by atoms with Gasteiger partial charge in [-0.3, -0.25) is 10.1 Å². The first-order valence-electron chi connectivity index (χ1n) is 7.61. The Kier molecular flexibility index (Phi) is 5.74. The maximum absolute atomic E-state index is 11.9. The predicted molar refractivity (Wildman–Crippen MR) is 92.2 cm³/mol. The number of hydrogen-bond acceptors (Lipinski definition) is 3. The molecule has 0 saturated carbocycles. The number of nitrogens with one attached hydrogen (secondary N) is 3. The van der Waals surface area contributed by atoms with Crippen molar-refractivity contribution in [2.75, 3.05) is 11.9 Å². The second-order valence-electron chi connectivity index (χ2n) is 5.16. The van der Waals surface area contributed by atoms with Crippen molar-refractivity contribution in [1.29, 1.82) is 0 Å². The molecule has 120 valence electrons. The van der Waals surface area contributed by atoms with E-state index in [1.54, 1.807) is 13.8 Å². The van der Waals surface area contributed by atoms with Crippen molar-refractivity contribution in [2.45, 2.75) is 19.9 Å². The number of benzene rings is 2. The van der Waals surface area contributed by atoms with Crippen molar-refractivity contribution < 1.29 is 9.59 Å². The molecule has 0 aliphatic heterocycles. The molecule has 0 radical (unpaired) electrons. The molecule has 5 nitrogen and oxygen atoms in total. The van der Waals surface area contributed by atoms with E-state index in [-0.39, 0.29) is 5.91 Å². The van der Waals surface area contributed by atoms with Gasteiger partial charge < -0.3 is 10.6 Å². The quantitative estimate of drug-likeness (QED) is 0.795. The predicted octanol–water partition coefficient (Wildman–Crippen LogP) is 3.00. The average molecular weight is 311 g/mol. The van der Waals surface area contributed by atoms with Gasteiger partial charge >= 0.3 is 6.03 Å². The van der Waals surface area contributed by atoms with Gasteiger partial charge in [0.05, 0.1) is 0 Å². The summed E-state index contributed by atoms with van der Waals surface area (Å²) in [5.74, 6) is -0.372. The van der Waals surface area contributed by atoms with Crippen LogP contribution in [0.5, 0.6) is 0 Å². The molecule has 0 unspecified atom stereocenters. The molecular formula is C18H21N3O2. The Morgan fingerprint density at radius 1 is 0.957 bits per heavy atom. The molecule has 0 fully saturated rings. The second-order valence-corrected chi connectivity index (χ2v) is 5.16. The van der Waals surface area contributed by atoms with Gasteiger partial charge in [-0.25, -0.2) is 4.79 Å². The first-order chi connectivity index (χ1) is 11.1. The second kappa shape index (κ2) is 7.98. The number of carbonyl (C=O) groups excluding carboxylic acids is 2. The summed E-state index contributed by atoms with van der Waals surface area (Å²) in [7, 11) is 0. The van der Waals surface area contributed by atoms with Crippen LogP contribution >= 0.6 is 0 Å². The van der Waals surface area contributed by atoms with Gasteiger partial charge in [0, 0.05) is 12.2 Å². The number of amides is 3. The highest BCUT2D eigenvalue weighted by Gasteiger charge is 2.15. The van der Waals surface area contributed by atoms with E-state index >= 15 is 0 Å². The monoisotopic (exact) mass is 311 g/mol. The van der Waals surface area contributed by atoms with Crippen LogP contribution in [0, 0.1) is 0 Å². The Labute approximate surface area is 136 Å². The van der Waals surface area contributed by atoms with Crippen LogP contribution in [0.1, 0.15) is 13.8 Å². The van der Waals surface area contributed by atoms with Crippen LogP contribution in [0.25, 0.3) is 11.1 Å². The standard InChI is InChI=1S/C18H21N3O2/c1-3-19-18(23)21-17(22)13(2)20-16-11-9-15(10-12-16)14-7-5-4-6-8-14/h4-13,20H,3H2,1-2H3,(H2,19,21,22,23)/t13-/m1/s1. The molecular weight excluding hydrogens is 290 g/mol. The number of carbonyl (C=O) groups is 2. The van der Waals surface area contributed by atoms with Crippen molar-refractivity contribution in [2.24, 2.45) is 0 Å². The maximum Gasteiger partial charge on any atom is 0.321 e. The normalized spacial score (nSPS) is 11.4. The molecule has 0 spiro atoms. The van der Waals surface area contributed by atoms with Crippen molar-refractivity contribution in [1.82, 2.24) is 10.6 Å². The van der Waals surface area contributed by atoms with Gasteiger partial charge in [0.1, 0.15) is 6.04 Å². The SMILES string of the molecule is CCNC(=O)NC(=O)[C@@H](C)Nc1ccc(-c2ccccc2)cc1. The van der Waals surface area contributed by atoms with Crippen LogP contribution in [-0.2, 0) is 4.79 Å². The summed E-state index contributed by atoms with van der Waals surface area (Å²) in [6.07, 6.45) is 0. The zero-order valence-electron chi connectivity index (χ0n) is 13.3. The molecule has 2 aromatic carbocycles. The van der Waals surface area contributed by atoms with Crippen molar-refractivity contribution in [3.63, 3.8) is 0 Å². The van der Waals surface area contributed by atoms with Crippen LogP contribution in [0.3, 0.4) is 0 Å². The molecule has 3 N–H and O–H groups in total. The van der Waals surface area contributed by atoms with Gasteiger partial charge in [-0.2, -0.15) is 0 Å². The van der Waals surface area contributed by atoms with E-state index in [0.29, 0.717) is 6.54 Å². The fraction of sp³-hybridized carbons (Fsp3) is 0.222. The summed E-state index contributed by atoms with van der Waals surface area (Å²) in [5.41, 5.74) is 3.07. The Balaban J connectivity index is 1.95. The van der Waals surface area contributed by atoms with E-state index in [2.05, 4.69) is 16.0 Å². The van der Waals surface area contributed by atoms with Crippen LogP contribution in [0.15, 0.2) is 54.6 Å². The van der Waals surface area contributed by atoms with Crippen LogP contribution < -0.4 is 16.0 Å².